The highest BCUT2D eigenvalue weighted by Gasteiger charge is 2.46. The molecule has 0 saturated carbocycles. The van der Waals surface area contributed by atoms with Gasteiger partial charge in [-0.1, -0.05) is 36.8 Å². The summed E-state index contributed by atoms with van der Waals surface area (Å²) in [6.07, 6.45) is 1.89. The third kappa shape index (κ3) is 3.93. The van der Waals surface area contributed by atoms with Crippen molar-refractivity contribution in [2.75, 3.05) is 5.32 Å². The highest BCUT2D eigenvalue weighted by atomic mass is 16.2. The molecule has 1 heterocycles. The van der Waals surface area contributed by atoms with Crippen LogP contribution in [-0.2, 0) is 4.79 Å². The number of imide groups is 1. The van der Waals surface area contributed by atoms with Gasteiger partial charge in [0.25, 0.3) is 11.8 Å². The molecule has 0 aromatic heterocycles. The Labute approximate surface area is 163 Å². The van der Waals surface area contributed by atoms with Crippen LogP contribution in [0, 0.1) is 6.92 Å². The lowest BCUT2D eigenvalue weighted by molar-refractivity contribution is -0.130. The Hall–Kier alpha value is -3.48. The van der Waals surface area contributed by atoms with E-state index < -0.39 is 11.6 Å². The zero-order valence-corrected chi connectivity index (χ0v) is 16.0. The van der Waals surface area contributed by atoms with Gasteiger partial charge in [0.15, 0.2) is 0 Å². The van der Waals surface area contributed by atoms with Crippen LogP contribution >= 0.6 is 0 Å². The van der Waals surface area contributed by atoms with E-state index in [0.717, 1.165) is 10.6 Å². The van der Waals surface area contributed by atoms with Gasteiger partial charge in [0, 0.05) is 11.3 Å². The van der Waals surface area contributed by atoms with Crippen molar-refractivity contribution in [2.24, 2.45) is 5.10 Å². The summed E-state index contributed by atoms with van der Waals surface area (Å²) in [5.74, 6) is -0.609. The maximum atomic E-state index is 12.4. The average Bonchev–Trinajstić information content (AvgIpc) is 2.90. The Morgan fingerprint density at radius 2 is 1.93 bits per heavy atom. The molecule has 0 spiro atoms. The number of nitrogens with zero attached hydrogens (tertiary/aromatic N) is 2. The van der Waals surface area contributed by atoms with Crippen molar-refractivity contribution in [1.29, 1.82) is 0 Å². The number of hydrogen-bond acceptors (Lipinski definition) is 4. The van der Waals surface area contributed by atoms with Crippen molar-refractivity contribution in [3.05, 3.63) is 65.2 Å². The number of nitrogens with one attached hydrogen (secondary N) is 2. The number of rotatable bonds is 5. The molecule has 3 rings (SSSR count). The molecule has 2 aromatic rings. The molecule has 1 unspecified atom stereocenters. The number of carbonyl (C=O) groups is 3. The van der Waals surface area contributed by atoms with Crippen molar-refractivity contribution in [1.82, 2.24) is 10.3 Å². The lowest BCUT2D eigenvalue weighted by Gasteiger charge is -2.17. The van der Waals surface area contributed by atoms with Gasteiger partial charge >= 0.3 is 6.03 Å². The van der Waals surface area contributed by atoms with E-state index in [0.29, 0.717) is 23.2 Å². The van der Waals surface area contributed by atoms with Crippen LogP contribution in [0.2, 0.25) is 0 Å². The Bertz CT molecular complexity index is 952. The maximum Gasteiger partial charge on any atom is 0.346 e. The van der Waals surface area contributed by atoms with Crippen molar-refractivity contribution in [2.45, 2.75) is 32.7 Å². The molecule has 0 aliphatic carbocycles. The summed E-state index contributed by atoms with van der Waals surface area (Å²) >= 11 is 0. The van der Waals surface area contributed by atoms with E-state index in [1.165, 1.54) is 6.21 Å². The second-order valence-corrected chi connectivity index (χ2v) is 6.92. The summed E-state index contributed by atoms with van der Waals surface area (Å²) < 4.78 is 0. The SMILES string of the molecule is CCC1(C)NC(=O)N(/N=C/c2cccc(NC(=O)c3ccc(C)cc3)c2)C1=O. The molecule has 28 heavy (non-hydrogen) atoms. The number of amides is 4. The van der Waals surface area contributed by atoms with E-state index in [2.05, 4.69) is 15.7 Å². The van der Waals surface area contributed by atoms with E-state index in [9.17, 15) is 14.4 Å². The Balaban J connectivity index is 1.72. The van der Waals surface area contributed by atoms with Crippen LogP contribution in [0.15, 0.2) is 53.6 Å². The minimum Gasteiger partial charge on any atom is -0.322 e. The van der Waals surface area contributed by atoms with Gasteiger partial charge in [0.1, 0.15) is 5.54 Å². The van der Waals surface area contributed by atoms with Gasteiger partial charge in [-0.3, -0.25) is 9.59 Å². The molecule has 1 fully saturated rings. The molecule has 1 aliphatic heterocycles. The minimum atomic E-state index is -0.932. The lowest BCUT2D eigenvalue weighted by Crippen LogP contribution is -2.42. The summed E-state index contributed by atoms with van der Waals surface area (Å²) in [5.41, 5.74) is 1.94. The van der Waals surface area contributed by atoms with Crippen LogP contribution in [-0.4, -0.2) is 34.6 Å². The van der Waals surface area contributed by atoms with Crippen LogP contribution in [0.4, 0.5) is 10.5 Å². The predicted octanol–water partition coefficient (Wildman–Crippen LogP) is 3.30. The van der Waals surface area contributed by atoms with Crippen molar-refractivity contribution < 1.29 is 14.4 Å². The zero-order valence-electron chi connectivity index (χ0n) is 16.0. The normalized spacial score (nSPS) is 19.2. The molecule has 7 nitrogen and oxygen atoms in total. The molecule has 4 amide bonds. The van der Waals surface area contributed by atoms with Gasteiger partial charge in [0.05, 0.1) is 6.21 Å². The molecule has 1 saturated heterocycles. The Morgan fingerprint density at radius 1 is 1.21 bits per heavy atom. The zero-order chi connectivity index (χ0) is 20.3. The fraction of sp³-hybridized carbons (Fsp3) is 0.238. The van der Waals surface area contributed by atoms with Gasteiger partial charge in [-0.25, -0.2) is 4.79 Å². The van der Waals surface area contributed by atoms with Gasteiger partial charge in [0.2, 0.25) is 0 Å². The maximum absolute atomic E-state index is 12.4. The largest absolute Gasteiger partial charge is 0.346 e. The summed E-state index contributed by atoms with van der Waals surface area (Å²) in [6.45, 7) is 5.45. The molecule has 0 bridgehead atoms. The number of anilines is 1. The molecule has 144 valence electrons. The third-order valence-corrected chi connectivity index (χ3v) is 4.73. The molecule has 2 N–H and O–H groups in total. The number of urea groups is 1. The van der Waals surface area contributed by atoms with Gasteiger partial charge in [-0.2, -0.15) is 5.10 Å². The topological polar surface area (TPSA) is 90.9 Å². The highest BCUT2D eigenvalue weighted by Crippen LogP contribution is 2.21. The van der Waals surface area contributed by atoms with Crippen LogP contribution in [0.25, 0.3) is 0 Å². The first-order chi connectivity index (χ1) is 13.3. The van der Waals surface area contributed by atoms with Crippen molar-refractivity contribution in [3.63, 3.8) is 0 Å². The van der Waals surface area contributed by atoms with Crippen LogP contribution < -0.4 is 10.6 Å². The fourth-order valence-electron chi connectivity index (χ4n) is 2.74. The number of carbonyl (C=O) groups excluding carboxylic acids is 3. The van der Waals surface area contributed by atoms with E-state index >= 15 is 0 Å². The second-order valence-electron chi connectivity index (χ2n) is 6.92. The molecule has 1 atom stereocenters. The quantitative estimate of drug-likeness (QED) is 0.618. The number of hydrazone groups is 1. The van der Waals surface area contributed by atoms with E-state index in [4.69, 9.17) is 0 Å². The van der Waals surface area contributed by atoms with Gasteiger partial charge in [-0.15, -0.1) is 5.01 Å². The van der Waals surface area contributed by atoms with Gasteiger partial charge in [-0.05, 0) is 50.1 Å². The third-order valence-electron chi connectivity index (χ3n) is 4.73. The average molecular weight is 378 g/mol. The number of aryl methyl sites for hydroxylation is 1. The Kier molecular flexibility index (Phi) is 5.26. The van der Waals surface area contributed by atoms with Crippen molar-refractivity contribution in [3.8, 4) is 0 Å². The number of hydrogen-bond donors (Lipinski definition) is 2. The van der Waals surface area contributed by atoms with Gasteiger partial charge < -0.3 is 10.6 Å². The molecule has 2 aromatic carbocycles. The fourth-order valence-corrected chi connectivity index (χ4v) is 2.74. The van der Waals surface area contributed by atoms with Crippen LogP contribution in [0.5, 0.6) is 0 Å². The Morgan fingerprint density at radius 3 is 2.57 bits per heavy atom. The molecule has 7 heteroatoms. The smallest absolute Gasteiger partial charge is 0.322 e. The highest BCUT2D eigenvalue weighted by molar-refractivity contribution is 6.07. The van der Waals surface area contributed by atoms with Crippen LogP contribution in [0.3, 0.4) is 0 Å². The minimum absolute atomic E-state index is 0.220. The molecule has 1 aliphatic rings. The summed E-state index contributed by atoms with van der Waals surface area (Å²) in [4.78, 5) is 36.7. The first kappa shape index (κ1) is 19.3. The first-order valence-electron chi connectivity index (χ1n) is 9.01. The summed E-state index contributed by atoms with van der Waals surface area (Å²) in [7, 11) is 0. The summed E-state index contributed by atoms with van der Waals surface area (Å²) in [6, 6.07) is 13.7. The van der Waals surface area contributed by atoms with Crippen molar-refractivity contribution >= 4 is 29.7 Å². The second kappa shape index (κ2) is 7.64. The standard InChI is InChI=1S/C21H22N4O3/c1-4-21(3)19(27)25(20(28)24-21)22-13-15-6-5-7-17(12-15)23-18(26)16-10-8-14(2)9-11-16/h5-13H,4H2,1-3H3,(H,23,26)(H,24,28)/b22-13+. The number of benzene rings is 2. The van der Waals surface area contributed by atoms with E-state index in [-0.39, 0.29) is 11.8 Å². The van der Waals surface area contributed by atoms with Crippen LogP contribution in [0.1, 0.15) is 41.8 Å². The predicted molar refractivity (Wildman–Crippen MR) is 107 cm³/mol. The summed E-state index contributed by atoms with van der Waals surface area (Å²) in [5, 5.41) is 10.3. The molecular weight excluding hydrogens is 356 g/mol. The van der Waals surface area contributed by atoms with E-state index in [1.807, 2.05) is 26.0 Å². The lowest BCUT2D eigenvalue weighted by atomic mass is 10.00. The van der Waals surface area contributed by atoms with E-state index in [1.54, 1.807) is 43.3 Å². The molecule has 0 radical (unpaired) electrons. The monoisotopic (exact) mass is 378 g/mol. The first-order valence-corrected chi connectivity index (χ1v) is 9.01. The molecular formula is C21H22N4O3.